The van der Waals surface area contributed by atoms with Crippen LogP contribution in [0.3, 0.4) is 0 Å². The van der Waals surface area contributed by atoms with Crippen molar-refractivity contribution in [2.24, 2.45) is 0 Å². The summed E-state index contributed by atoms with van der Waals surface area (Å²) < 4.78 is 7.71. The number of imidazole rings is 1. The van der Waals surface area contributed by atoms with E-state index in [4.69, 9.17) is 4.74 Å². The number of rotatable bonds is 8. The van der Waals surface area contributed by atoms with Crippen LogP contribution in [0.4, 0.5) is 0 Å². The minimum Gasteiger partial charge on any atom is -0.489 e. The van der Waals surface area contributed by atoms with Crippen molar-refractivity contribution in [1.82, 2.24) is 19.3 Å². The topological polar surface area (TPSA) is 42.7 Å². The SMILES string of the molecule is C=CCOc1ccccc1CN(CC)Cc1cnc2nccn2c1. The Bertz CT molecular complexity index is 812. The van der Waals surface area contributed by atoms with Crippen molar-refractivity contribution in [3.8, 4) is 5.75 Å². The lowest BCUT2D eigenvalue weighted by Gasteiger charge is -2.22. The highest BCUT2D eigenvalue weighted by Crippen LogP contribution is 2.20. The van der Waals surface area contributed by atoms with Crippen LogP contribution in [0.2, 0.25) is 0 Å². The number of nitrogens with zero attached hydrogens (tertiary/aromatic N) is 4. The molecule has 0 saturated carbocycles. The highest BCUT2D eigenvalue weighted by Gasteiger charge is 2.10. The third-order valence-corrected chi connectivity index (χ3v) is 3.88. The number of para-hydroxylation sites is 1. The summed E-state index contributed by atoms with van der Waals surface area (Å²) in [4.78, 5) is 10.9. The van der Waals surface area contributed by atoms with Gasteiger partial charge in [-0.2, -0.15) is 0 Å². The third-order valence-electron chi connectivity index (χ3n) is 3.88. The summed E-state index contributed by atoms with van der Waals surface area (Å²) in [5.41, 5.74) is 2.34. The minimum absolute atomic E-state index is 0.518. The van der Waals surface area contributed by atoms with Crippen LogP contribution in [0.25, 0.3) is 5.78 Å². The number of benzene rings is 1. The van der Waals surface area contributed by atoms with E-state index in [9.17, 15) is 0 Å². The Balaban J connectivity index is 1.73. The Kier molecular flexibility index (Phi) is 5.23. The molecule has 3 aromatic rings. The lowest BCUT2D eigenvalue weighted by atomic mass is 10.1. The van der Waals surface area contributed by atoms with Crippen molar-refractivity contribution >= 4 is 5.78 Å². The summed E-state index contributed by atoms with van der Waals surface area (Å²) in [6.07, 6.45) is 9.42. The molecule has 24 heavy (non-hydrogen) atoms. The third kappa shape index (κ3) is 3.81. The lowest BCUT2D eigenvalue weighted by Crippen LogP contribution is -2.23. The molecule has 0 unspecified atom stereocenters. The molecule has 0 aliphatic carbocycles. The Morgan fingerprint density at radius 2 is 2.12 bits per heavy atom. The molecule has 0 atom stereocenters. The molecule has 0 N–H and O–H groups in total. The average molecular weight is 322 g/mol. The van der Waals surface area contributed by atoms with E-state index in [1.165, 1.54) is 5.56 Å². The van der Waals surface area contributed by atoms with Crippen molar-refractivity contribution in [1.29, 1.82) is 0 Å². The summed E-state index contributed by atoms with van der Waals surface area (Å²) in [6, 6.07) is 8.16. The quantitative estimate of drug-likeness (QED) is 0.597. The number of ether oxygens (including phenoxy) is 1. The molecule has 3 rings (SSSR count). The van der Waals surface area contributed by atoms with Crippen molar-refractivity contribution in [2.45, 2.75) is 20.0 Å². The second-order valence-electron chi connectivity index (χ2n) is 5.61. The van der Waals surface area contributed by atoms with Gasteiger partial charge in [0.15, 0.2) is 0 Å². The summed E-state index contributed by atoms with van der Waals surface area (Å²) in [7, 11) is 0. The van der Waals surface area contributed by atoms with E-state index in [1.54, 1.807) is 12.3 Å². The standard InChI is InChI=1S/C19H22N4O/c1-3-11-24-18-8-6-5-7-17(18)15-22(4-2)13-16-12-21-19-20-9-10-23(19)14-16/h3,5-10,12,14H,1,4,11,13,15H2,2H3. The highest BCUT2D eigenvalue weighted by molar-refractivity contribution is 5.33. The van der Waals surface area contributed by atoms with Crippen LogP contribution in [0.5, 0.6) is 5.75 Å². The lowest BCUT2D eigenvalue weighted by molar-refractivity contribution is 0.263. The molecule has 5 nitrogen and oxygen atoms in total. The fourth-order valence-corrected chi connectivity index (χ4v) is 2.64. The Labute approximate surface area is 142 Å². The molecule has 0 radical (unpaired) electrons. The molecule has 0 bridgehead atoms. The first-order chi connectivity index (χ1) is 11.8. The zero-order chi connectivity index (χ0) is 16.8. The van der Waals surface area contributed by atoms with Crippen LogP contribution in [0.1, 0.15) is 18.1 Å². The van der Waals surface area contributed by atoms with Crippen LogP contribution < -0.4 is 4.74 Å². The molecular weight excluding hydrogens is 300 g/mol. The fourth-order valence-electron chi connectivity index (χ4n) is 2.64. The van der Waals surface area contributed by atoms with Crippen LogP contribution >= 0.6 is 0 Å². The van der Waals surface area contributed by atoms with Gasteiger partial charge in [-0.3, -0.25) is 9.30 Å². The summed E-state index contributed by atoms with van der Waals surface area (Å²) in [5.74, 6) is 1.64. The predicted octanol–water partition coefficient (Wildman–Crippen LogP) is 3.32. The van der Waals surface area contributed by atoms with Gasteiger partial charge in [0.1, 0.15) is 12.4 Å². The van der Waals surface area contributed by atoms with E-state index in [2.05, 4.69) is 40.6 Å². The van der Waals surface area contributed by atoms with Gasteiger partial charge in [-0.05, 0) is 12.6 Å². The van der Waals surface area contributed by atoms with E-state index in [-0.39, 0.29) is 0 Å². The maximum Gasteiger partial charge on any atom is 0.233 e. The second kappa shape index (κ2) is 7.75. The van der Waals surface area contributed by atoms with Crippen molar-refractivity contribution < 1.29 is 4.74 Å². The number of fused-ring (bicyclic) bond motifs is 1. The minimum atomic E-state index is 0.518. The predicted molar refractivity (Wildman–Crippen MR) is 94.9 cm³/mol. The second-order valence-corrected chi connectivity index (χ2v) is 5.61. The molecule has 5 heteroatoms. The molecule has 0 fully saturated rings. The Morgan fingerprint density at radius 1 is 1.25 bits per heavy atom. The monoisotopic (exact) mass is 322 g/mol. The molecule has 0 saturated heterocycles. The Morgan fingerprint density at radius 3 is 2.96 bits per heavy atom. The molecule has 0 spiro atoms. The van der Waals surface area contributed by atoms with Crippen molar-refractivity contribution in [3.05, 3.63) is 72.8 Å². The zero-order valence-corrected chi connectivity index (χ0v) is 13.9. The van der Waals surface area contributed by atoms with Crippen molar-refractivity contribution in [3.63, 3.8) is 0 Å². The van der Waals surface area contributed by atoms with Gasteiger partial charge in [-0.1, -0.05) is 37.8 Å². The van der Waals surface area contributed by atoms with Crippen LogP contribution in [-0.2, 0) is 13.1 Å². The fraction of sp³-hybridized carbons (Fsp3) is 0.263. The molecule has 2 aromatic heterocycles. The van der Waals surface area contributed by atoms with E-state index in [0.29, 0.717) is 6.61 Å². The molecule has 124 valence electrons. The normalized spacial score (nSPS) is 11.1. The summed E-state index contributed by atoms with van der Waals surface area (Å²) in [6.45, 7) is 8.98. The average Bonchev–Trinajstić information content (AvgIpc) is 3.08. The molecular formula is C19H22N4O. The number of aromatic nitrogens is 3. The largest absolute Gasteiger partial charge is 0.489 e. The van der Waals surface area contributed by atoms with Crippen LogP contribution in [-0.4, -0.2) is 32.4 Å². The van der Waals surface area contributed by atoms with Gasteiger partial charge in [0, 0.05) is 49.0 Å². The van der Waals surface area contributed by atoms with Crippen LogP contribution in [0, 0.1) is 0 Å². The molecule has 0 aliphatic heterocycles. The highest BCUT2D eigenvalue weighted by atomic mass is 16.5. The summed E-state index contributed by atoms with van der Waals surface area (Å²) >= 11 is 0. The number of hydrogen-bond acceptors (Lipinski definition) is 4. The number of hydrogen-bond donors (Lipinski definition) is 0. The van der Waals surface area contributed by atoms with E-state index >= 15 is 0 Å². The van der Waals surface area contributed by atoms with Gasteiger partial charge in [0.05, 0.1) is 0 Å². The van der Waals surface area contributed by atoms with Gasteiger partial charge < -0.3 is 4.74 Å². The first-order valence-corrected chi connectivity index (χ1v) is 8.11. The zero-order valence-electron chi connectivity index (χ0n) is 13.9. The first kappa shape index (κ1) is 16.2. The van der Waals surface area contributed by atoms with Gasteiger partial charge in [0.25, 0.3) is 0 Å². The van der Waals surface area contributed by atoms with E-state index in [0.717, 1.165) is 36.7 Å². The molecule has 1 aromatic carbocycles. The first-order valence-electron chi connectivity index (χ1n) is 8.11. The van der Waals surface area contributed by atoms with Gasteiger partial charge in [-0.25, -0.2) is 9.97 Å². The Hall–Kier alpha value is -2.66. The smallest absolute Gasteiger partial charge is 0.233 e. The summed E-state index contributed by atoms with van der Waals surface area (Å²) in [5, 5.41) is 0. The molecule has 2 heterocycles. The molecule has 0 amide bonds. The molecule has 0 aliphatic rings. The van der Waals surface area contributed by atoms with E-state index < -0.39 is 0 Å². The van der Waals surface area contributed by atoms with Gasteiger partial charge >= 0.3 is 0 Å². The van der Waals surface area contributed by atoms with Crippen molar-refractivity contribution in [2.75, 3.05) is 13.2 Å². The van der Waals surface area contributed by atoms with Gasteiger partial charge in [0.2, 0.25) is 5.78 Å². The van der Waals surface area contributed by atoms with Crippen LogP contribution in [0.15, 0.2) is 61.7 Å². The van der Waals surface area contributed by atoms with Gasteiger partial charge in [-0.15, -0.1) is 0 Å². The maximum atomic E-state index is 5.76. The maximum absolute atomic E-state index is 5.76. The van der Waals surface area contributed by atoms with E-state index in [1.807, 2.05) is 35.0 Å².